The van der Waals surface area contributed by atoms with Gasteiger partial charge in [0.25, 0.3) is 0 Å². The lowest BCUT2D eigenvalue weighted by atomic mass is 10.1. The minimum atomic E-state index is -2.74. The minimum absolute atomic E-state index is 0.184. The molecule has 0 amide bonds. The fraction of sp³-hybridized carbons (Fsp3) is 1.00. The van der Waals surface area contributed by atoms with E-state index in [9.17, 15) is 8.42 Å². The van der Waals surface area contributed by atoms with Gasteiger partial charge in [0, 0.05) is 12.6 Å². The summed E-state index contributed by atoms with van der Waals surface area (Å²) in [5, 5.41) is 3.23. The van der Waals surface area contributed by atoms with E-state index in [4.69, 9.17) is 0 Å². The predicted molar refractivity (Wildman–Crippen MR) is 49.9 cm³/mol. The summed E-state index contributed by atoms with van der Waals surface area (Å²) in [5.41, 5.74) is 0. The molecule has 72 valence electrons. The Kier molecular flexibility index (Phi) is 3.12. The molecule has 1 unspecified atom stereocenters. The summed E-state index contributed by atoms with van der Waals surface area (Å²) < 4.78 is 22.4. The van der Waals surface area contributed by atoms with Crippen LogP contribution in [0.1, 0.15) is 20.3 Å². The van der Waals surface area contributed by atoms with Crippen LogP contribution in [0.2, 0.25) is 0 Å². The molecule has 3 nitrogen and oxygen atoms in total. The number of sulfone groups is 1. The van der Waals surface area contributed by atoms with Crippen molar-refractivity contribution in [1.29, 1.82) is 0 Å². The van der Waals surface area contributed by atoms with E-state index in [-0.39, 0.29) is 6.04 Å². The van der Waals surface area contributed by atoms with Gasteiger partial charge in [-0.1, -0.05) is 13.8 Å². The lowest BCUT2D eigenvalue weighted by molar-refractivity contribution is 0.436. The van der Waals surface area contributed by atoms with Gasteiger partial charge in [-0.15, -0.1) is 0 Å². The van der Waals surface area contributed by atoms with Crippen molar-refractivity contribution in [3.8, 4) is 0 Å². The van der Waals surface area contributed by atoms with Crippen LogP contribution < -0.4 is 5.32 Å². The highest BCUT2D eigenvalue weighted by Crippen LogP contribution is 2.10. The molecule has 0 aromatic rings. The van der Waals surface area contributed by atoms with Gasteiger partial charge < -0.3 is 5.32 Å². The average molecular weight is 191 g/mol. The van der Waals surface area contributed by atoms with Crippen LogP contribution in [0.3, 0.4) is 0 Å². The van der Waals surface area contributed by atoms with Crippen LogP contribution in [0.15, 0.2) is 0 Å². The second kappa shape index (κ2) is 3.75. The van der Waals surface area contributed by atoms with Crippen molar-refractivity contribution < 1.29 is 8.42 Å². The maximum atomic E-state index is 11.2. The first-order valence-electron chi connectivity index (χ1n) is 4.43. The van der Waals surface area contributed by atoms with Crippen LogP contribution in [0.4, 0.5) is 0 Å². The van der Waals surface area contributed by atoms with Crippen LogP contribution in [-0.4, -0.2) is 32.5 Å². The van der Waals surface area contributed by atoms with E-state index >= 15 is 0 Å². The summed E-state index contributed by atoms with van der Waals surface area (Å²) in [6.45, 7) is 4.85. The summed E-state index contributed by atoms with van der Waals surface area (Å²) >= 11 is 0. The van der Waals surface area contributed by atoms with E-state index in [1.54, 1.807) is 0 Å². The van der Waals surface area contributed by atoms with Gasteiger partial charge in [-0.2, -0.15) is 0 Å². The van der Waals surface area contributed by atoms with Crippen molar-refractivity contribution in [3.05, 3.63) is 0 Å². The van der Waals surface area contributed by atoms with Crippen molar-refractivity contribution >= 4 is 9.84 Å². The zero-order chi connectivity index (χ0) is 9.19. The van der Waals surface area contributed by atoms with E-state index in [1.165, 1.54) is 0 Å². The molecule has 1 saturated heterocycles. The van der Waals surface area contributed by atoms with Crippen molar-refractivity contribution in [2.45, 2.75) is 26.3 Å². The quantitative estimate of drug-likeness (QED) is 0.688. The summed E-state index contributed by atoms with van der Waals surface area (Å²) in [6.07, 6.45) is 0.958. The molecule has 4 heteroatoms. The summed E-state index contributed by atoms with van der Waals surface area (Å²) in [7, 11) is -2.74. The summed E-state index contributed by atoms with van der Waals surface area (Å²) in [6, 6.07) is 0.184. The smallest absolute Gasteiger partial charge is 0.153 e. The van der Waals surface area contributed by atoms with E-state index in [2.05, 4.69) is 19.2 Å². The van der Waals surface area contributed by atoms with E-state index in [0.29, 0.717) is 24.0 Å². The molecule has 0 aromatic carbocycles. The number of rotatable bonds is 2. The predicted octanol–water partition coefficient (Wildman–Crippen LogP) is 0.419. The molecule has 1 N–H and O–H groups in total. The highest BCUT2D eigenvalue weighted by molar-refractivity contribution is 7.91. The number of hydrogen-bond donors (Lipinski definition) is 1. The third kappa shape index (κ3) is 3.11. The third-order valence-corrected chi connectivity index (χ3v) is 3.79. The highest BCUT2D eigenvalue weighted by atomic mass is 32.2. The molecule has 12 heavy (non-hydrogen) atoms. The molecule has 1 atom stereocenters. The van der Waals surface area contributed by atoms with Crippen LogP contribution in [-0.2, 0) is 9.84 Å². The van der Waals surface area contributed by atoms with Gasteiger partial charge in [-0.25, -0.2) is 8.42 Å². The van der Waals surface area contributed by atoms with Gasteiger partial charge in [0.15, 0.2) is 9.84 Å². The zero-order valence-corrected chi connectivity index (χ0v) is 8.52. The first kappa shape index (κ1) is 9.99. The molecule has 0 saturated carbocycles. The van der Waals surface area contributed by atoms with Crippen molar-refractivity contribution in [3.63, 3.8) is 0 Å². The summed E-state index contributed by atoms with van der Waals surface area (Å²) in [5.74, 6) is 1.20. The Balaban J connectivity index is 2.47. The Morgan fingerprint density at radius 3 is 2.67 bits per heavy atom. The molecule has 0 bridgehead atoms. The van der Waals surface area contributed by atoms with Gasteiger partial charge in [-0.05, 0) is 12.3 Å². The average Bonchev–Trinajstić information content (AvgIpc) is 1.82. The molecule has 0 spiro atoms. The lowest BCUT2D eigenvalue weighted by Crippen LogP contribution is -2.45. The fourth-order valence-corrected chi connectivity index (χ4v) is 3.05. The van der Waals surface area contributed by atoms with Gasteiger partial charge in [0.1, 0.15) is 0 Å². The maximum Gasteiger partial charge on any atom is 0.153 e. The Labute approximate surface area is 74.5 Å². The highest BCUT2D eigenvalue weighted by Gasteiger charge is 2.24. The molecular formula is C8H17NO2S. The Morgan fingerprint density at radius 2 is 2.17 bits per heavy atom. The second-order valence-corrected chi connectivity index (χ2v) is 6.12. The standard InChI is InChI=1S/C8H17NO2S/c1-7(2)5-8-6-12(10,11)4-3-9-8/h7-9H,3-6H2,1-2H3. The van der Waals surface area contributed by atoms with Crippen molar-refractivity contribution in [1.82, 2.24) is 5.32 Å². The largest absolute Gasteiger partial charge is 0.312 e. The Morgan fingerprint density at radius 1 is 1.50 bits per heavy atom. The van der Waals surface area contributed by atoms with Crippen LogP contribution in [0.25, 0.3) is 0 Å². The van der Waals surface area contributed by atoms with E-state index in [0.717, 1.165) is 6.42 Å². The Bertz CT molecular complexity index is 233. The Hall–Kier alpha value is -0.0900. The number of nitrogens with one attached hydrogen (secondary N) is 1. The molecule has 1 aliphatic heterocycles. The maximum absolute atomic E-state index is 11.2. The fourth-order valence-electron chi connectivity index (χ4n) is 1.59. The second-order valence-electron chi connectivity index (χ2n) is 3.89. The molecule has 1 fully saturated rings. The molecule has 1 heterocycles. The van der Waals surface area contributed by atoms with E-state index in [1.807, 2.05) is 0 Å². The normalized spacial score (nSPS) is 29.1. The summed E-state index contributed by atoms with van der Waals surface area (Å²) in [4.78, 5) is 0. The monoisotopic (exact) mass is 191 g/mol. The van der Waals surface area contributed by atoms with Crippen LogP contribution in [0.5, 0.6) is 0 Å². The van der Waals surface area contributed by atoms with Crippen molar-refractivity contribution in [2.24, 2.45) is 5.92 Å². The van der Waals surface area contributed by atoms with E-state index < -0.39 is 9.84 Å². The molecule has 1 aliphatic rings. The molecule has 0 radical (unpaired) electrons. The minimum Gasteiger partial charge on any atom is -0.312 e. The SMILES string of the molecule is CC(C)CC1CS(=O)(=O)CCN1. The van der Waals surface area contributed by atoms with Gasteiger partial charge >= 0.3 is 0 Å². The first-order chi connectivity index (χ1) is 5.49. The van der Waals surface area contributed by atoms with Gasteiger partial charge in [-0.3, -0.25) is 0 Å². The topological polar surface area (TPSA) is 46.2 Å². The zero-order valence-electron chi connectivity index (χ0n) is 7.71. The molecule has 1 rings (SSSR count). The molecule has 0 aliphatic carbocycles. The first-order valence-corrected chi connectivity index (χ1v) is 6.25. The van der Waals surface area contributed by atoms with Gasteiger partial charge in [0.2, 0.25) is 0 Å². The van der Waals surface area contributed by atoms with Gasteiger partial charge in [0.05, 0.1) is 11.5 Å². The van der Waals surface area contributed by atoms with Crippen molar-refractivity contribution in [2.75, 3.05) is 18.1 Å². The molecular weight excluding hydrogens is 174 g/mol. The number of hydrogen-bond acceptors (Lipinski definition) is 3. The third-order valence-electron chi connectivity index (χ3n) is 2.06. The molecule has 0 aromatic heterocycles. The lowest BCUT2D eigenvalue weighted by Gasteiger charge is -2.24. The van der Waals surface area contributed by atoms with Crippen LogP contribution in [0, 0.1) is 5.92 Å². The van der Waals surface area contributed by atoms with Crippen LogP contribution >= 0.6 is 0 Å².